The molecule has 0 bridgehead atoms. The number of halogens is 2. The number of benzene rings is 4. The van der Waals surface area contributed by atoms with Crippen LogP contribution in [0.15, 0.2) is 126 Å². The molecule has 0 radical (unpaired) electrons. The van der Waals surface area contributed by atoms with E-state index in [1.807, 2.05) is 12.1 Å². The molecule has 4 aromatic carbocycles. The lowest BCUT2D eigenvalue weighted by Gasteiger charge is -2.14. The van der Waals surface area contributed by atoms with Gasteiger partial charge in [-0.25, -0.2) is 16.8 Å². The van der Waals surface area contributed by atoms with Crippen LogP contribution in [0.25, 0.3) is 0 Å². The number of nitrogens with one attached hydrogen (secondary N) is 2. The highest BCUT2D eigenvalue weighted by Gasteiger charge is 2.18. The summed E-state index contributed by atoms with van der Waals surface area (Å²) in [6, 6.07) is 26.8. The largest absolute Gasteiger partial charge is 0.278 e. The lowest BCUT2D eigenvalue weighted by Crippen LogP contribution is -2.13. The molecule has 0 spiro atoms. The fourth-order valence-electron chi connectivity index (χ4n) is 2.97. The number of rotatable bonds is 9. The van der Waals surface area contributed by atoms with Gasteiger partial charge in [0.05, 0.1) is 21.2 Å². The average molecular weight is 686 g/mol. The van der Waals surface area contributed by atoms with Crippen molar-refractivity contribution in [2.75, 3.05) is 9.44 Å². The van der Waals surface area contributed by atoms with Crippen LogP contribution in [-0.4, -0.2) is 16.8 Å². The van der Waals surface area contributed by atoms with Crippen LogP contribution in [0.4, 0.5) is 11.4 Å². The molecule has 0 aromatic heterocycles. The third kappa shape index (κ3) is 6.87. The van der Waals surface area contributed by atoms with Gasteiger partial charge in [-0.05, 0) is 72.8 Å². The Morgan fingerprint density at radius 1 is 0.500 bits per heavy atom. The summed E-state index contributed by atoms with van der Waals surface area (Å²) >= 11 is 6.61. The van der Waals surface area contributed by atoms with E-state index in [0.717, 1.165) is 8.95 Å². The summed E-state index contributed by atoms with van der Waals surface area (Å²) in [4.78, 5) is 1.64. The molecule has 4 rings (SSSR count). The van der Waals surface area contributed by atoms with Gasteiger partial charge in [-0.2, -0.15) is 0 Å². The van der Waals surface area contributed by atoms with Gasteiger partial charge in [0.25, 0.3) is 20.0 Å². The number of hydrogen-bond donors (Lipinski definition) is 2. The van der Waals surface area contributed by atoms with E-state index < -0.39 is 20.0 Å². The van der Waals surface area contributed by atoms with Crippen LogP contribution in [0.2, 0.25) is 0 Å². The molecule has 0 fully saturated rings. The number of para-hydroxylation sites is 2. The van der Waals surface area contributed by atoms with Gasteiger partial charge in [-0.1, -0.05) is 77.7 Å². The van der Waals surface area contributed by atoms with Gasteiger partial charge in [0.15, 0.2) is 0 Å². The molecule has 12 heteroatoms. The first-order valence-electron chi connectivity index (χ1n) is 10.2. The molecule has 186 valence electrons. The Bertz CT molecular complexity index is 1460. The zero-order valence-electron chi connectivity index (χ0n) is 18.3. The van der Waals surface area contributed by atoms with Crippen molar-refractivity contribution in [1.29, 1.82) is 0 Å². The molecule has 2 N–H and O–H groups in total. The molecule has 0 amide bonds. The second-order valence-corrected chi connectivity index (χ2v) is 14.7. The maximum atomic E-state index is 12.9. The van der Waals surface area contributed by atoms with Crippen molar-refractivity contribution < 1.29 is 16.8 Å². The number of anilines is 2. The molecule has 0 saturated carbocycles. The Balaban J connectivity index is 1.53. The van der Waals surface area contributed by atoms with Gasteiger partial charge >= 0.3 is 0 Å². The first-order chi connectivity index (χ1) is 17.1. The van der Waals surface area contributed by atoms with E-state index in [1.165, 1.54) is 45.9 Å². The van der Waals surface area contributed by atoms with Gasteiger partial charge < -0.3 is 0 Å². The van der Waals surface area contributed by atoms with Crippen molar-refractivity contribution in [3.8, 4) is 0 Å². The molecule has 0 aliphatic carbocycles. The zero-order valence-corrected chi connectivity index (χ0v) is 24.7. The molecular formula is C24H18Br2N2O4S4. The SMILES string of the molecule is O=S(=O)(Nc1ccccc1SSc1ccccc1NS(=O)(=O)c1ccc(Br)cc1)c1ccc(Br)cc1. The Morgan fingerprint density at radius 3 is 1.19 bits per heavy atom. The second-order valence-electron chi connectivity index (χ2n) is 7.28. The van der Waals surface area contributed by atoms with E-state index in [4.69, 9.17) is 0 Å². The van der Waals surface area contributed by atoms with Gasteiger partial charge in [-0.3, -0.25) is 9.44 Å². The Morgan fingerprint density at radius 2 is 0.833 bits per heavy atom. The lowest BCUT2D eigenvalue weighted by atomic mass is 10.3. The van der Waals surface area contributed by atoms with Crippen LogP contribution in [0.1, 0.15) is 0 Å². The normalized spacial score (nSPS) is 11.7. The molecule has 6 nitrogen and oxygen atoms in total. The average Bonchev–Trinajstić information content (AvgIpc) is 2.84. The fraction of sp³-hybridized carbons (Fsp3) is 0. The van der Waals surface area contributed by atoms with Crippen molar-refractivity contribution in [3.63, 3.8) is 0 Å². The summed E-state index contributed by atoms with van der Waals surface area (Å²) in [5.74, 6) is 0. The van der Waals surface area contributed by atoms with E-state index in [0.29, 0.717) is 21.2 Å². The molecule has 36 heavy (non-hydrogen) atoms. The predicted molar refractivity (Wildman–Crippen MR) is 154 cm³/mol. The topological polar surface area (TPSA) is 92.3 Å². The summed E-state index contributed by atoms with van der Waals surface area (Å²) < 4.78 is 58.4. The molecule has 4 aromatic rings. The van der Waals surface area contributed by atoms with Crippen LogP contribution in [-0.2, 0) is 20.0 Å². The van der Waals surface area contributed by atoms with Crippen LogP contribution in [0.5, 0.6) is 0 Å². The van der Waals surface area contributed by atoms with E-state index in [1.54, 1.807) is 60.7 Å². The maximum absolute atomic E-state index is 12.9. The summed E-state index contributed by atoms with van der Waals surface area (Å²) in [5.41, 5.74) is 0.844. The van der Waals surface area contributed by atoms with Crippen molar-refractivity contribution in [2.24, 2.45) is 0 Å². The minimum atomic E-state index is -3.79. The second kappa shape index (κ2) is 11.6. The molecular weight excluding hydrogens is 668 g/mol. The molecule has 0 heterocycles. The van der Waals surface area contributed by atoms with Crippen LogP contribution < -0.4 is 9.44 Å². The van der Waals surface area contributed by atoms with Gasteiger partial charge in [0, 0.05) is 18.7 Å². The Labute approximate surface area is 235 Å². The van der Waals surface area contributed by atoms with E-state index in [2.05, 4.69) is 41.3 Å². The smallest absolute Gasteiger partial charge is 0.261 e. The van der Waals surface area contributed by atoms with Crippen LogP contribution in [0, 0.1) is 0 Å². The van der Waals surface area contributed by atoms with Crippen LogP contribution >= 0.6 is 53.4 Å². The number of hydrogen-bond acceptors (Lipinski definition) is 6. The Kier molecular flexibility index (Phi) is 8.74. The summed E-state index contributed by atoms with van der Waals surface area (Å²) in [5, 5.41) is 0. The predicted octanol–water partition coefficient (Wildman–Crippen LogP) is 7.61. The van der Waals surface area contributed by atoms with Gasteiger partial charge in [-0.15, -0.1) is 0 Å². The first kappa shape index (κ1) is 27.1. The standard InChI is InChI=1S/C24H18Br2N2O4S4/c25-17-9-13-19(14-10-17)35(29,30)27-21-5-1-3-7-23(21)33-34-24-8-4-2-6-22(24)28-36(31,32)20-15-11-18(26)12-16-20/h1-16,27-28H. The molecule has 0 saturated heterocycles. The third-order valence-electron chi connectivity index (χ3n) is 4.73. The van der Waals surface area contributed by atoms with E-state index in [9.17, 15) is 16.8 Å². The van der Waals surface area contributed by atoms with Crippen molar-refractivity contribution in [3.05, 3.63) is 106 Å². The Hall–Kier alpha value is -1.96. The summed E-state index contributed by atoms with van der Waals surface area (Å²) in [6.07, 6.45) is 0. The highest BCUT2D eigenvalue weighted by molar-refractivity contribution is 9.10. The van der Waals surface area contributed by atoms with Crippen LogP contribution in [0.3, 0.4) is 0 Å². The highest BCUT2D eigenvalue weighted by Crippen LogP contribution is 2.44. The van der Waals surface area contributed by atoms with Gasteiger partial charge in [0.1, 0.15) is 0 Å². The summed E-state index contributed by atoms with van der Waals surface area (Å²) in [7, 11) is -4.94. The summed E-state index contributed by atoms with van der Waals surface area (Å²) in [6.45, 7) is 0. The van der Waals surface area contributed by atoms with E-state index >= 15 is 0 Å². The molecule has 0 aliphatic heterocycles. The monoisotopic (exact) mass is 684 g/mol. The maximum Gasteiger partial charge on any atom is 0.261 e. The molecule has 0 atom stereocenters. The van der Waals surface area contributed by atoms with Crippen molar-refractivity contribution in [2.45, 2.75) is 19.6 Å². The minimum Gasteiger partial charge on any atom is -0.278 e. The van der Waals surface area contributed by atoms with E-state index in [-0.39, 0.29) is 9.79 Å². The molecule has 0 aliphatic rings. The van der Waals surface area contributed by atoms with Crippen molar-refractivity contribution in [1.82, 2.24) is 0 Å². The highest BCUT2D eigenvalue weighted by atomic mass is 79.9. The zero-order chi connectivity index (χ0) is 25.8. The quantitative estimate of drug-likeness (QED) is 0.176. The first-order valence-corrected chi connectivity index (χ1v) is 16.9. The minimum absolute atomic E-state index is 0.144. The van der Waals surface area contributed by atoms with Crippen molar-refractivity contribution >= 4 is 84.9 Å². The van der Waals surface area contributed by atoms with Gasteiger partial charge in [0.2, 0.25) is 0 Å². The third-order valence-corrected chi connectivity index (χ3v) is 11.0. The molecule has 0 unspecified atom stereocenters. The lowest BCUT2D eigenvalue weighted by molar-refractivity contribution is 0.599. The fourth-order valence-corrected chi connectivity index (χ4v) is 8.07. The number of sulfonamides is 2.